The Morgan fingerprint density at radius 3 is 2.83 bits per heavy atom. The molecule has 0 N–H and O–H groups in total. The van der Waals surface area contributed by atoms with Crippen LogP contribution < -0.4 is 0 Å². The van der Waals surface area contributed by atoms with E-state index in [1.165, 1.54) is 10.1 Å². The van der Waals surface area contributed by atoms with Crippen LogP contribution in [0.25, 0.3) is 15.8 Å². The Kier molecular flexibility index (Phi) is 4.19. The van der Waals surface area contributed by atoms with Crippen LogP contribution in [0.5, 0.6) is 0 Å². The molecular formula is C19H23NO2S. The molecule has 1 atom stereocenters. The van der Waals surface area contributed by atoms with Gasteiger partial charge in [-0.1, -0.05) is 19.1 Å². The van der Waals surface area contributed by atoms with Crippen LogP contribution in [0.1, 0.15) is 39.7 Å². The molecule has 1 aliphatic heterocycles. The van der Waals surface area contributed by atoms with E-state index in [0.717, 1.165) is 17.7 Å². The zero-order valence-corrected chi connectivity index (χ0v) is 14.9. The minimum absolute atomic E-state index is 0.263. The highest BCUT2D eigenvalue weighted by Gasteiger charge is 2.29. The Morgan fingerprint density at radius 2 is 2.09 bits per heavy atom. The topological polar surface area (TPSA) is 29.5 Å². The molecule has 0 fully saturated rings. The van der Waals surface area contributed by atoms with Crippen LogP contribution in [0.2, 0.25) is 0 Å². The molecule has 1 aliphatic rings. The highest BCUT2D eigenvalue weighted by atomic mass is 32.1. The molecule has 23 heavy (non-hydrogen) atoms. The normalized spacial score (nSPS) is 18.9. The van der Waals surface area contributed by atoms with Gasteiger partial charge in [-0.15, -0.1) is 11.3 Å². The monoisotopic (exact) mass is 329 g/mol. The van der Waals surface area contributed by atoms with Crippen molar-refractivity contribution in [2.24, 2.45) is 5.92 Å². The predicted octanol–water partition coefficient (Wildman–Crippen LogP) is 5.52. The fourth-order valence-electron chi connectivity index (χ4n) is 2.80. The number of amides is 1. The van der Waals surface area contributed by atoms with Crippen LogP contribution in [0.3, 0.4) is 0 Å². The van der Waals surface area contributed by atoms with E-state index in [1.807, 2.05) is 20.8 Å². The molecule has 1 aromatic heterocycles. The first kappa shape index (κ1) is 16.1. The number of nitrogens with zero attached hydrogens (tertiary/aromatic N) is 1. The summed E-state index contributed by atoms with van der Waals surface area (Å²) in [4.78, 5) is 14.4. The van der Waals surface area contributed by atoms with E-state index in [-0.39, 0.29) is 6.09 Å². The van der Waals surface area contributed by atoms with Gasteiger partial charge in [0.1, 0.15) is 5.60 Å². The minimum Gasteiger partial charge on any atom is -0.443 e. The van der Waals surface area contributed by atoms with E-state index in [2.05, 4.69) is 42.6 Å². The van der Waals surface area contributed by atoms with Crippen molar-refractivity contribution in [2.75, 3.05) is 6.54 Å². The number of carbonyl (C=O) groups excluding carboxylic acids is 1. The lowest BCUT2D eigenvalue weighted by molar-refractivity contribution is 0.0327. The number of hydrogen-bond donors (Lipinski definition) is 0. The van der Waals surface area contributed by atoms with Gasteiger partial charge in [0, 0.05) is 11.2 Å². The van der Waals surface area contributed by atoms with Gasteiger partial charge >= 0.3 is 6.09 Å². The number of ether oxygens (including phenoxy) is 1. The zero-order valence-electron chi connectivity index (χ0n) is 14.1. The predicted molar refractivity (Wildman–Crippen MR) is 96.5 cm³/mol. The average molecular weight is 329 g/mol. The summed E-state index contributed by atoms with van der Waals surface area (Å²) in [7, 11) is 0. The molecule has 2 heterocycles. The molecule has 0 unspecified atom stereocenters. The highest BCUT2D eigenvalue weighted by molar-refractivity contribution is 7.17. The van der Waals surface area contributed by atoms with Crippen LogP contribution in [-0.2, 0) is 4.74 Å². The van der Waals surface area contributed by atoms with E-state index in [0.29, 0.717) is 12.5 Å². The summed E-state index contributed by atoms with van der Waals surface area (Å²) in [5.41, 5.74) is 1.55. The van der Waals surface area contributed by atoms with Crippen LogP contribution in [0, 0.1) is 5.92 Å². The second kappa shape index (κ2) is 6.00. The maximum Gasteiger partial charge on any atom is 0.414 e. The molecule has 4 heteroatoms. The van der Waals surface area contributed by atoms with Crippen molar-refractivity contribution in [3.63, 3.8) is 0 Å². The van der Waals surface area contributed by atoms with Gasteiger partial charge in [-0.2, -0.15) is 0 Å². The molecule has 3 nitrogen and oxygen atoms in total. The third-order valence-electron chi connectivity index (χ3n) is 3.86. The fourth-order valence-corrected chi connectivity index (χ4v) is 3.57. The van der Waals surface area contributed by atoms with Crippen molar-refractivity contribution in [1.29, 1.82) is 0 Å². The molecule has 0 spiro atoms. The molecule has 0 bridgehead atoms. The lowest BCUT2D eigenvalue weighted by Crippen LogP contribution is -2.39. The second-order valence-corrected chi connectivity index (χ2v) is 8.14. The van der Waals surface area contributed by atoms with Gasteiger partial charge in [0.25, 0.3) is 0 Å². The molecule has 2 aromatic rings. The summed E-state index contributed by atoms with van der Waals surface area (Å²) in [6.07, 6.45) is 2.88. The third kappa shape index (κ3) is 3.58. The number of benzene rings is 1. The summed E-state index contributed by atoms with van der Waals surface area (Å²) >= 11 is 1.73. The fraction of sp³-hybridized carbons (Fsp3) is 0.421. The van der Waals surface area contributed by atoms with Crippen LogP contribution in [0.15, 0.2) is 35.7 Å². The summed E-state index contributed by atoms with van der Waals surface area (Å²) in [6, 6.07) is 8.50. The highest BCUT2D eigenvalue weighted by Crippen LogP contribution is 2.32. The average Bonchev–Trinajstić information content (AvgIpc) is 2.92. The van der Waals surface area contributed by atoms with Crippen molar-refractivity contribution in [2.45, 2.75) is 39.7 Å². The Bertz CT molecular complexity index is 754. The number of thiophene rings is 1. The van der Waals surface area contributed by atoms with Gasteiger partial charge in [-0.05, 0) is 67.6 Å². The SMILES string of the molecule is C[C@H]1CC=C(c2ccc3sccc3c2)N(C(=O)OC(C)(C)C)C1. The van der Waals surface area contributed by atoms with E-state index < -0.39 is 5.60 Å². The molecule has 1 amide bonds. The van der Waals surface area contributed by atoms with Crippen LogP contribution >= 0.6 is 11.3 Å². The number of carbonyl (C=O) groups is 1. The van der Waals surface area contributed by atoms with Gasteiger partial charge in [0.05, 0.1) is 5.70 Å². The number of hydrogen-bond acceptors (Lipinski definition) is 3. The standard InChI is InChI=1S/C19H23NO2S/c1-13-5-7-16(20(12-13)18(21)22-19(2,3)4)14-6-8-17-15(11-14)9-10-23-17/h6-11,13H,5,12H2,1-4H3/t13-/m0/s1. The summed E-state index contributed by atoms with van der Waals surface area (Å²) in [6.45, 7) is 8.56. The lowest BCUT2D eigenvalue weighted by atomic mass is 9.98. The Labute approximate surface area is 141 Å². The number of rotatable bonds is 1. The summed E-state index contributed by atoms with van der Waals surface area (Å²) in [5, 5.41) is 3.31. The first-order valence-corrected chi connectivity index (χ1v) is 8.90. The number of fused-ring (bicyclic) bond motifs is 1. The molecule has 0 saturated heterocycles. The van der Waals surface area contributed by atoms with Crippen LogP contribution in [-0.4, -0.2) is 23.1 Å². The largest absolute Gasteiger partial charge is 0.443 e. The molecule has 122 valence electrons. The van der Waals surface area contributed by atoms with E-state index in [4.69, 9.17) is 4.74 Å². The van der Waals surface area contributed by atoms with Crippen molar-refractivity contribution in [3.8, 4) is 0 Å². The second-order valence-electron chi connectivity index (χ2n) is 7.19. The first-order valence-electron chi connectivity index (χ1n) is 8.02. The quantitative estimate of drug-likeness (QED) is 0.689. The Morgan fingerprint density at radius 1 is 1.30 bits per heavy atom. The van der Waals surface area contributed by atoms with Gasteiger partial charge < -0.3 is 4.74 Å². The zero-order chi connectivity index (χ0) is 16.6. The van der Waals surface area contributed by atoms with Gasteiger partial charge in [-0.3, -0.25) is 4.90 Å². The van der Waals surface area contributed by atoms with Crippen molar-refractivity contribution in [3.05, 3.63) is 41.3 Å². The first-order chi connectivity index (χ1) is 10.8. The lowest BCUT2D eigenvalue weighted by Gasteiger charge is -2.34. The van der Waals surface area contributed by atoms with Gasteiger partial charge in [0.15, 0.2) is 0 Å². The van der Waals surface area contributed by atoms with Gasteiger partial charge in [0.2, 0.25) is 0 Å². The smallest absolute Gasteiger partial charge is 0.414 e. The van der Waals surface area contributed by atoms with E-state index >= 15 is 0 Å². The maximum absolute atomic E-state index is 12.6. The third-order valence-corrected chi connectivity index (χ3v) is 4.76. The van der Waals surface area contributed by atoms with Crippen molar-refractivity contribution in [1.82, 2.24) is 4.90 Å². The number of allylic oxidation sites excluding steroid dienone is 1. The van der Waals surface area contributed by atoms with E-state index in [9.17, 15) is 4.79 Å². The molecule has 0 aliphatic carbocycles. The van der Waals surface area contributed by atoms with Crippen molar-refractivity contribution < 1.29 is 9.53 Å². The molecule has 0 saturated carbocycles. The van der Waals surface area contributed by atoms with E-state index in [1.54, 1.807) is 16.2 Å². The minimum atomic E-state index is -0.486. The summed E-state index contributed by atoms with van der Waals surface area (Å²) in [5.74, 6) is 0.441. The molecule has 0 radical (unpaired) electrons. The molecular weight excluding hydrogens is 306 g/mol. The van der Waals surface area contributed by atoms with Crippen molar-refractivity contribution >= 4 is 33.2 Å². The Balaban J connectivity index is 1.95. The maximum atomic E-state index is 12.6. The van der Waals surface area contributed by atoms with Gasteiger partial charge in [-0.25, -0.2) is 4.79 Å². The molecule has 3 rings (SSSR count). The summed E-state index contributed by atoms with van der Waals surface area (Å²) < 4.78 is 6.86. The van der Waals surface area contributed by atoms with Crippen LogP contribution in [0.4, 0.5) is 4.79 Å². The molecule has 1 aromatic carbocycles. The Hall–Kier alpha value is -1.81.